The van der Waals surface area contributed by atoms with Gasteiger partial charge in [-0.15, -0.1) is 0 Å². The van der Waals surface area contributed by atoms with Gasteiger partial charge >= 0.3 is 0 Å². The van der Waals surface area contributed by atoms with E-state index in [1.165, 1.54) is 5.56 Å². The summed E-state index contributed by atoms with van der Waals surface area (Å²) in [5.74, 6) is 0. The fourth-order valence-electron chi connectivity index (χ4n) is 2.79. The molecule has 1 aromatic carbocycles. The molecule has 1 unspecified atom stereocenters. The van der Waals surface area contributed by atoms with Crippen LogP contribution in [0.4, 0.5) is 0 Å². The molecule has 2 atom stereocenters. The molecular weight excluding hydrogens is 296 g/mol. The molecule has 0 amide bonds. The first-order valence-electron chi connectivity index (χ1n) is 8.00. The quantitative estimate of drug-likeness (QED) is 0.688. The largest absolute Gasteiger partial charge is 0.367 e. The Hall–Kier alpha value is -1.02. The van der Waals surface area contributed by atoms with Crippen molar-refractivity contribution < 1.29 is 20.1 Å². The van der Waals surface area contributed by atoms with Gasteiger partial charge in [0.2, 0.25) is 6.41 Å². The lowest BCUT2D eigenvalue weighted by Gasteiger charge is -2.44. The maximum atomic E-state index is 10.3. The average Bonchev–Trinajstić information content (AvgIpc) is 2.46. The van der Waals surface area contributed by atoms with Crippen LogP contribution in [0.15, 0.2) is 30.3 Å². The van der Waals surface area contributed by atoms with Crippen molar-refractivity contribution in [1.29, 1.82) is 0 Å². The van der Waals surface area contributed by atoms with Gasteiger partial charge in [-0.25, -0.2) is 4.90 Å². The van der Waals surface area contributed by atoms with E-state index in [2.05, 4.69) is 4.90 Å². The first-order valence-corrected chi connectivity index (χ1v) is 8.00. The summed E-state index contributed by atoms with van der Waals surface area (Å²) in [6.07, 6.45) is -2.69. The number of benzene rings is 1. The van der Waals surface area contributed by atoms with Gasteiger partial charge in [-0.3, -0.25) is 4.90 Å². The molecule has 1 aromatic rings. The van der Waals surface area contributed by atoms with Gasteiger partial charge in [-0.05, 0) is 26.3 Å². The number of aliphatic hydroxyl groups is 3. The van der Waals surface area contributed by atoms with Crippen LogP contribution in [0, 0.1) is 0 Å². The predicted octanol–water partition coefficient (Wildman–Crippen LogP) is 0.574. The molecule has 130 valence electrons. The summed E-state index contributed by atoms with van der Waals surface area (Å²) in [6.45, 7) is 7.99. The van der Waals surface area contributed by atoms with Crippen molar-refractivity contribution in [3.05, 3.63) is 35.9 Å². The Kier molecular flexibility index (Phi) is 6.13. The zero-order valence-corrected chi connectivity index (χ0v) is 14.1. The van der Waals surface area contributed by atoms with E-state index in [0.717, 1.165) is 13.1 Å². The van der Waals surface area contributed by atoms with Gasteiger partial charge in [0.1, 0.15) is 0 Å². The van der Waals surface area contributed by atoms with Crippen LogP contribution >= 0.6 is 0 Å². The first kappa shape index (κ1) is 18.3. The lowest BCUT2D eigenvalue weighted by molar-refractivity contribution is -0.274. The van der Waals surface area contributed by atoms with E-state index in [9.17, 15) is 15.3 Å². The van der Waals surface area contributed by atoms with Crippen molar-refractivity contribution in [2.24, 2.45) is 0 Å². The zero-order chi connectivity index (χ0) is 17.0. The fraction of sp³-hybridized carbons (Fsp3) is 0.647. The maximum absolute atomic E-state index is 10.3. The summed E-state index contributed by atoms with van der Waals surface area (Å²) < 4.78 is 5.55. The molecular formula is C17H28N2O4. The van der Waals surface area contributed by atoms with Gasteiger partial charge in [-0.1, -0.05) is 30.3 Å². The van der Waals surface area contributed by atoms with Crippen molar-refractivity contribution in [3.8, 4) is 0 Å². The van der Waals surface area contributed by atoms with Crippen LogP contribution in [0.3, 0.4) is 0 Å². The second-order valence-corrected chi connectivity index (χ2v) is 7.00. The number of nitrogens with zero attached hydrogens (tertiary/aromatic N) is 2. The first-order chi connectivity index (χ1) is 10.8. The van der Waals surface area contributed by atoms with Crippen LogP contribution < -0.4 is 0 Å². The van der Waals surface area contributed by atoms with Crippen molar-refractivity contribution in [2.75, 3.05) is 19.6 Å². The maximum Gasteiger partial charge on any atom is 0.217 e. The van der Waals surface area contributed by atoms with E-state index >= 15 is 0 Å². The summed E-state index contributed by atoms with van der Waals surface area (Å²) in [5, 5.41) is 29.7. The van der Waals surface area contributed by atoms with Crippen LogP contribution in [0.25, 0.3) is 0 Å². The fourth-order valence-corrected chi connectivity index (χ4v) is 2.79. The van der Waals surface area contributed by atoms with Crippen LogP contribution in [-0.2, 0) is 11.3 Å². The summed E-state index contributed by atoms with van der Waals surface area (Å²) in [5.41, 5.74) is 0.671. The highest BCUT2D eigenvalue weighted by Crippen LogP contribution is 2.20. The molecule has 1 aliphatic rings. The predicted molar refractivity (Wildman–Crippen MR) is 87.3 cm³/mol. The normalized spacial score (nSPS) is 22.5. The molecule has 1 fully saturated rings. The molecule has 6 nitrogen and oxygen atoms in total. The Morgan fingerprint density at radius 1 is 1.13 bits per heavy atom. The Bertz CT molecular complexity index is 475. The molecule has 1 aliphatic heterocycles. The highest BCUT2D eigenvalue weighted by Gasteiger charge is 2.36. The summed E-state index contributed by atoms with van der Waals surface area (Å²) in [7, 11) is 0. The molecule has 3 N–H and O–H groups in total. The van der Waals surface area contributed by atoms with Crippen LogP contribution in [-0.4, -0.2) is 69.1 Å². The monoisotopic (exact) mass is 324 g/mol. The van der Waals surface area contributed by atoms with Gasteiger partial charge in [0.15, 0.2) is 6.29 Å². The smallest absolute Gasteiger partial charge is 0.217 e. The topological polar surface area (TPSA) is 76.4 Å². The van der Waals surface area contributed by atoms with Gasteiger partial charge in [-0.2, -0.15) is 0 Å². The Morgan fingerprint density at radius 2 is 1.78 bits per heavy atom. The summed E-state index contributed by atoms with van der Waals surface area (Å²) in [4.78, 5) is 3.76. The molecule has 1 heterocycles. The molecule has 0 bridgehead atoms. The lowest BCUT2D eigenvalue weighted by atomic mass is 10.1. The zero-order valence-electron chi connectivity index (χ0n) is 14.1. The van der Waals surface area contributed by atoms with Crippen LogP contribution in [0.1, 0.15) is 26.3 Å². The van der Waals surface area contributed by atoms with Gasteiger partial charge < -0.3 is 20.1 Å². The van der Waals surface area contributed by atoms with Gasteiger partial charge in [0.05, 0.1) is 11.6 Å². The summed E-state index contributed by atoms with van der Waals surface area (Å²) >= 11 is 0. The molecule has 2 rings (SSSR count). The summed E-state index contributed by atoms with van der Waals surface area (Å²) in [6, 6.07) is 9.46. The van der Waals surface area contributed by atoms with Crippen molar-refractivity contribution in [1.82, 2.24) is 9.80 Å². The molecule has 0 aliphatic carbocycles. The van der Waals surface area contributed by atoms with Crippen molar-refractivity contribution in [2.45, 2.75) is 51.7 Å². The molecule has 0 spiro atoms. The van der Waals surface area contributed by atoms with E-state index in [1.807, 2.05) is 51.1 Å². The Morgan fingerprint density at radius 3 is 2.35 bits per heavy atom. The highest BCUT2D eigenvalue weighted by molar-refractivity contribution is 5.14. The van der Waals surface area contributed by atoms with Crippen LogP contribution in [0.5, 0.6) is 0 Å². The average molecular weight is 324 g/mol. The third kappa shape index (κ3) is 5.53. The van der Waals surface area contributed by atoms with E-state index in [0.29, 0.717) is 13.1 Å². The standard InChI is InChI=1S/C17H28N2O4/c1-17(2,3)23-16(22)19-10-9-18(12-14(19)15(20)21)11-13-7-5-4-6-8-13/h4-8,14-16,20-22H,9-12H2,1-3H3/t14-,16?/m0/s1. The molecule has 0 radical (unpaired) electrons. The Labute approximate surface area is 137 Å². The second-order valence-electron chi connectivity index (χ2n) is 7.00. The number of ether oxygens (including phenoxy) is 1. The molecule has 6 heteroatoms. The minimum absolute atomic E-state index is 0.455. The third-order valence-electron chi connectivity index (χ3n) is 3.88. The number of aliphatic hydroxyl groups excluding tert-OH is 2. The molecule has 0 aromatic heterocycles. The SMILES string of the molecule is CC(C)(C)OC(O)N1CCN(Cc2ccccc2)C[C@H]1C(O)O. The third-order valence-corrected chi connectivity index (χ3v) is 3.88. The second kappa shape index (κ2) is 7.70. The van der Waals surface area contributed by atoms with Crippen LogP contribution in [0.2, 0.25) is 0 Å². The van der Waals surface area contributed by atoms with Crippen molar-refractivity contribution >= 4 is 0 Å². The molecule has 1 saturated heterocycles. The number of hydrogen-bond donors (Lipinski definition) is 3. The van der Waals surface area contributed by atoms with E-state index in [4.69, 9.17) is 4.74 Å². The molecule has 0 saturated carbocycles. The highest BCUT2D eigenvalue weighted by atomic mass is 16.6. The van der Waals surface area contributed by atoms with E-state index in [-0.39, 0.29) is 0 Å². The lowest BCUT2D eigenvalue weighted by Crippen LogP contribution is -2.61. The molecule has 23 heavy (non-hydrogen) atoms. The number of piperazine rings is 1. The van der Waals surface area contributed by atoms with Gasteiger partial charge in [0, 0.05) is 26.2 Å². The Balaban J connectivity index is 2.00. The number of hydrogen-bond acceptors (Lipinski definition) is 6. The minimum Gasteiger partial charge on any atom is -0.367 e. The van der Waals surface area contributed by atoms with E-state index < -0.39 is 24.3 Å². The number of rotatable bonds is 5. The van der Waals surface area contributed by atoms with E-state index in [1.54, 1.807) is 4.90 Å². The van der Waals surface area contributed by atoms with Crippen molar-refractivity contribution in [3.63, 3.8) is 0 Å². The van der Waals surface area contributed by atoms with Gasteiger partial charge in [0.25, 0.3) is 0 Å². The minimum atomic E-state index is -1.54.